The van der Waals surface area contributed by atoms with Gasteiger partial charge in [0, 0.05) is 0 Å². The third kappa shape index (κ3) is 6.41. The van der Waals surface area contributed by atoms with E-state index >= 15 is 0 Å². The molecular weight excluding hydrogens is 380 g/mol. The van der Waals surface area contributed by atoms with E-state index in [1.165, 1.54) is 6.07 Å². The number of hydrogen-bond acceptors (Lipinski definition) is 4. The molecule has 0 spiro atoms. The van der Waals surface area contributed by atoms with Crippen LogP contribution in [0.4, 0.5) is 0 Å². The second kappa shape index (κ2) is 11.1. The Labute approximate surface area is 177 Å². The van der Waals surface area contributed by atoms with Crippen LogP contribution in [0.5, 0.6) is 17.2 Å². The van der Waals surface area contributed by atoms with Gasteiger partial charge in [0.15, 0.2) is 11.5 Å². The summed E-state index contributed by atoms with van der Waals surface area (Å²) in [4.78, 5) is 10.8. The first kappa shape index (κ1) is 23.1. The molecule has 0 aromatic heterocycles. The minimum Gasteiger partial charge on any atom is -0.504 e. The number of ether oxygens (including phenoxy) is 1. The monoisotopic (exact) mass is 410 g/mol. The van der Waals surface area contributed by atoms with E-state index in [1.54, 1.807) is 6.07 Å². The van der Waals surface area contributed by atoms with Crippen LogP contribution in [0.15, 0.2) is 54.6 Å². The smallest absolute Gasteiger partial charge is 0.307 e. The van der Waals surface area contributed by atoms with E-state index in [-0.39, 0.29) is 25.3 Å². The highest BCUT2D eigenvalue weighted by molar-refractivity contribution is 5.85. The molecule has 0 aliphatic heterocycles. The summed E-state index contributed by atoms with van der Waals surface area (Å²) in [7, 11) is 0. The topological polar surface area (TPSA) is 87.0 Å². The average Bonchev–Trinajstić information content (AvgIpc) is 2.70. The van der Waals surface area contributed by atoms with Gasteiger partial charge in [0.05, 0.1) is 13.0 Å². The highest BCUT2D eigenvalue weighted by Gasteiger charge is 2.05. The van der Waals surface area contributed by atoms with E-state index in [9.17, 15) is 15.0 Å². The molecule has 3 aromatic rings. The van der Waals surface area contributed by atoms with Crippen LogP contribution in [0.3, 0.4) is 0 Å². The maximum Gasteiger partial charge on any atom is 0.307 e. The molecular formula is C25H30O5. The summed E-state index contributed by atoms with van der Waals surface area (Å²) in [6.45, 7) is 0.639. The van der Waals surface area contributed by atoms with Crippen LogP contribution in [0.1, 0.15) is 44.2 Å². The van der Waals surface area contributed by atoms with E-state index in [0.29, 0.717) is 6.61 Å². The largest absolute Gasteiger partial charge is 0.504 e. The number of aryl methyl sites for hydroxylation is 1. The van der Waals surface area contributed by atoms with Gasteiger partial charge in [0.25, 0.3) is 0 Å². The first-order chi connectivity index (χ1) is 14.0. The van der Waals surface area contributed by atoms with Crippen LogP contribution < -0.4 is 4.74 Å². The molecule has 3 rings (SSSR count). The van der Waals surface area contributed by atoms with Gasteiger partial charge in [-0.05, 0) is 59.4 Å². The number of carboxylic acids is 1. The summed E-state index contributed by atoms with van der Waals surface area (Å²) in [5.41, 5.74) is 1.57. The number of rotatable bonds is 10. The van der Waals surface area contributed by atoms with Gasteiger partial charge >= 0.3 is 5.97 Å². The van der Waals surface area contributed by atoms with Crippen molar-refractivity contribution in [1.82, 2.24) is 0 Å². The minimum absolute atomic E-state index is 0. The molecule has 0 saturated heterocycles. The van der Waals surface area contributed by atoms with Crippen molar-refractivity contribution in [1.29, 1.82) is 0 Å². The van der Waals surface area contributed by atoms with Crippen molar-refractivity contribution in [3.63, 3.8) is 0 Å². The molecule has 0 bridgehead atoms. The van der Waals surface area contributed by atoms with Crippen molar-refractivity contribution in [3.8, 4) is 17.2 Å². The van der Waals surface area contributed by atoms with Crippen LogP contribution in [0.2, 0.25) is 0 Å². The number of phenolic OH excluding ortho intramolecular Hbond substituents is 2. The number of carbonyl (C=O) groups is 1. The minimum atomic E-state index is -0.831. The van der Waals surface area contributed by atoms with Crippen molar-refractivity contribution in [3.05, 3.63) is 65.7 Å². The Morgan fingerprint density at radius 1 is 0.867 bits per heavy atom. The lowest BCUT2D eigenvalue weighted by Crippen LogP contribution is -2.00. The number of benzene rings is 3. The molecule has 0 aliphatic rings. The van der Waals surface area contributed by atoms with Crippen molar-refractivity contribution in [2.75, 3.05) is 6.61 Å². The number of carboxylic acid groups (broad SMARTS) is 1. The van der Waals surface area contributed by atoms with E-state index < -0.39 is 5.97 Å². The lowest BCUT2D eigenvalue weighted by atomic mass is 10.0. The summed E-state index contributed by atoms with van der Waals surface area (Å²) in [6, 6.07) is 16.6. The van der Waals surface area contributed by atoms with Crippen LogP contribution in [0.25, 0.3) is 10.8 Å². The summed E-state index contributed by atoms with van der Waals surface area (Å²) in [6.07, 6.45) is 4.73. The van der Waals surface area contributed by atoms with Crippen molar-refractivity contribution >= 4 is 16.7 Å². The number of unbranched alkanes of at least 4 members (excludes halogenated alkanes) is 3. The van der Waals surface area contributed by atoms with Crippen molar-refractivity contribution in [2.45, 2.75) is 46.0 Å². The molecule has 0 amide bonds. The lowest BCUT2D eigenvalue weighted by molar-refractivity contribution is -0.136. The third-order valence-corrected chi connectivity index (χ3v) is 4.94. The Kier molecular flexibility index (Phi) is 8.54. The molecule has 3 aromatic carbocycles. The molecule has 0 unspecified atom stereocenters. The zero-order valence-corrected chi connectivity index (χ0v) is 16.3. The van der Waals surface area contributed by atoms with Gasteiger partial charge in [0.2, 0.25) is 0 Å². The summed E-state index contributed by atoms with van der Waals surface area (Å²) < 4.78 is 5.84. The van der Waals surface area contributed by atoms with E-state index in [2.05, 4.69) is 0 Å². The fourth-order valence-corrected chi connectivity index (χ4v) is 3.39. The first-order valence-corrected chi connectivity index (χ1v) is 9.90. The normalized spacial score (nSPS) is 10.5. The quantitative estimate of drug-likeness (QED) is 0.295. The first-order valence-electron chi connectivity index (χ1n) is 9.90. The zero-order chi connectivity index (χ0) is 20.6. The van der Waals surface area contributed by atoms with Crippen LogP contribution in [-0.2, 0) is 17.6 Å². The van der Waals surface area contributed by atoms with Crippen LogP contribution in [-0.4, -0.2) is 27.9 Å². The highest BCUT2D eigenvalue weighted by atomic mass is 16.5. The van der Waals surface area contributed by atoms with Crippen LogP contribution >= 0.6 is 0 Å². The van der Waals surface area contributed by atoms with Gasteiger partial charge in [-0.15, -0.1) is 0 Å². The fraction of sp³-hybridized carbons (Fsp3) is 0.320. The number of hydrogen-bond donors (Lipinski definition) is 3. The molecule has 0 fully saturated rings. The van der Waals surface area contributed by atoms with Gasteiger partial charge in [-0.3, -0.25) is 4.79 Å². The number of para-hydroxylation sites is 1. The predicted octanol–water partition coefficient (Wildman–Crippen LogP) is 5.70. The molecule has 30 heavy (non-hydrogen) atoms. The van der Waals surface area contributed by atoms with Gasteiger partial charge in [-0.2, -0.15) is 0 Å². The second-order valence-corrected chi connectivity index (χ2v) is 7.21. The van der Waals surface area contributed by atoms with Gasteiger partial charge < -0.3 is 20.1 Å². The molecule has 0 heterocycles. The van der Waals surface area contributed by atoms with Gasteiger partial charge in [-0.1, -0.05) is 56.7 Å². The standard InChI is InChI=1S/C24H26O5.CH4/c25-22-8-5-7-18(24(22)28)6-3-1-2-4-13-29-21-12-11-19-14-17(15-23(26)27)9-10-20(19)16-21;/h5,7-12,14,16,25,28H,1-4,6,13,15H2,(H,26,27);1H4. The summed E-state index contributed by atoms with van der Waals surface area (Å²) in [5, 5.41) is 30.2. The van der Waals surface area contributed by atoms with Crippen molar-refractivity contribution < 1.29 is 24.9 Å². The number of fused-ring (bicyclic) bond motifs is 1. The Morgan fingerprint density at radius 3 is 2.40 bits per heavy atom. The summed E-state index contributed by atoms with van der Waals surface area (Å²) in [5.74, 6) is -0.0946. The molecule has 5 heteroatoms. The maximum atomic E-state index is 10.8. The Balaban J connectivity index is 0.00000320. The highest BCUT2D eigenvalue weighted by Crippen LogP contribution is 2.29. The lowest BCUT2D eigenvalue weighted by Gasteiger charge is -2.09. The Hall–Kier alpha value is -3.21. The summed E-state index contributed by atoms with van der Waals surface area (Å²) >= 11 is 0. The number of aliphatic carboxylic acids is 1. The SMILES string of the molecule is C.O=C(O)Cc1ccc2cc(OCCCCCCc3cccc(O)c3O)ccc2c1. The fourth-order valence-electron chi connectivity index (χ4n) is 3.39. The van der Waals surface area contributed by atoms with E-state index in [1.807, 2.05) is 42.5 Å². The van der Waals surface area contributed by atoms with Gasteiger partial charge in [0.1, 0.15) is 5.75 Å². The molecule has 0 radical (unpaired) electrons. The predicted molar refractivity (Wildman–Crippen MR) is 119 cm³/mol. The van der Waals surface area contributed by atoms with E-state index in [4.69, 9.17) is 9.84 Å². The molecule has 0 saturated carbocycles. The molecule has 160 valence electrons. The maximum absolute atomic E-state index is 10.8. The number of aromatic hydroxyl groups is 2. The third-order valence-electron chi connectivity index (χ3n) is 4.94. The Bertz CT molecular complexity index is 980. The van der Waals surface area contributed by atoms with Crippen LogP contribution in [0, 0.1) is 0 Å². The van der Waals surface area contributed by atoms with E-state index in [0.717, 1.165) is 59.8 Å². The number of phenols is 2. The zero-order valence-electron chi connectivity index (χ0n) is 16.3. The Morgan fingerprint density at radius 2 is 1.60 bits per heavy atom. The molecule has 0 aliphatic carbocycles. The molecule has 0 atom stereocenters. The van der Waals surface area contributed by atoms with Gasteiger partial charge in [-0.25, -0.2) is 0 Å². The second-order valence-electron chi connectivity index (χ2n) is 7.21. The average molecular weight is 411 g/mol. The molecule has 5 nitrogen and oxygen atoms in total. The van der Waals surface area contributed by atoms with Crippen molar-refractivity contribution in [2.24, 2.45) is 0 Å². The molecule has 3 N–H and O–H groups in total.